The zero-order valence-electron chi connectivity index (χ0n) is 9.08. The first-order chi connectivity index (χ1) is 8.72. The Balaban J connectivity index is 2.37. The van der Waals surface area contributed by atoms with Gasteiger partial charge in [-0.3, -0.25) is 0 Å². The third kappa shape index (κ3) is 2.35. The number of hydrogen-bond donors (Lipinski definition) is 1. The summed E-state index contributed by atoms with van der Waals surface area (Å²) in [5, 5.41) is 3.09. The zero-order chi connectivity index (χ0) is 14.3. The normalized spacial score (nSPS) is 12.7. The molecule has 2 rings (SSSR count). The summed E-state index contributed by atoms with van der Waals surface area (Å²) >= 11 is 0. The molecule has 9 heteroatoms. The van der Waals surface area contributed by atoms with E-state index in [-0.39, 0.29) is 11.4 Å². The first-order valence-electron chi connectivity index (χ1n) is 4.86. The molecule has 0 unspecified atom stereocenters. The third-order valence-electron chi connectivity index (χ3n) is 2.22. The van der Waals surface area contributed by atoms with Crippen molar-refractivity contribution in [3.63, 3.8) is 0 Å². The molecule has 4 nitrogen and oxygen atoms in total. The van der Waals surface area contributed by atoms with Gasteiger partial charge in [-0.05, 0) is 24.3 Å². The maximum atomic E-state index is 12.9. The molecular weight excluding hydrogens is 273 g/mol. The van der Waals surface area contributed by atoms with Crippen molar-refractivity contribution in [1.82, 2.24) is 10.1 Å². The number of hydrogen-bond acceptors (Lipinski definition) is 4. The van der Waals surface area contributed by atoms with Gasteiger partial charge in [0.05, 0.1) is 0 Å². The van der Waals surface area contributed by atoms with Crippen LogP contribution in [0.1, 0.15) is 5.89 Å². The Kier molecular flexibility index (Phi) is 2.91. The highest BCUT2D eigenvalue weighted by atomic mass is 19.4. The summed E-state index contributed by atoms with van der Waals surface area (Å²) in [6.07, 6.45) is -5.79. The van der Waals surface area contributed by atoms with Gasteiger partial charge in [-0.15, -0.1) is 0 Å². The number of benzene rings is 1. The van der Waals surface area contributed by atoms with Crippen molar-refractivity contribution in [2.24, 2.45) is 0 Å². The summed E-state index contributed by atoms with van der Waals surface area (Å²) < 4.78 is 66.1. The highest BCUT2D eigenvalue weighted by molar-refractivity contribution is 5.58. The number of alkyl halides is 5. The van der Waals surface area contributed by atoms with Crippen molar-refractivity contribution >= 4 is 5.69 Å². The van der Waals surface area contributed by atoms with Crippen molar-refractivity contribution in [3.05, 3.63) is 30.2 Å². The maximum absolute atomic E-state index is 12.9. The summed E-state index contributed by atoms with van der Waals surface area (Å²) in [7, 11) is 0. The monoisotopic (exact) mass is 279 g/mol. The van der Waals surface area contributed by atoms with E-state index >= 15 is 0 Å². The Morgan fingerprint density at radius 2 is 1.58 bits per heavy atom. The molecule has 1 aromatic carbocycles. The second-order valence-electron chi connectivity index (χ2n) is 3.62. The summed E-state index contributed by atoms with van der Waals surface area (Å²) in [6, 6.07) is 5.59. The number of rotatable bonds is 2. The minimum Gasteiger partial charge on any atom is -0.399 e. The van der Waals surface area contributed by atoms with Crippen LogP contribution in [0.25, 0.3) is 11.4 Å². The topological polar surface area (TPSA) is 64.9 Å². The highest BCUT2D eigenvalue weighted by Gasteiger charge is 2.63. The molecule has 1 aromatic heterocycles. The molecule has 0 saturated heterocycles. The quantitative estimate of drug-likeness (QED) is 0.678. The molecule has 0 atom stereocenters. The summed E-state index contributed by atoms with van der Waals surface area (Å²) in [5.41, 5.74) is 6.01. The van der Waals surface area contributed by atoms with Crippen LogP contribution in [0.3, 0.4) is 0 Å². The molecule has 1 heterocycles. The van der Waals surface area contributed by atoms with Gasteiger partial charge in [-0.1, -0.05) is 5.16 Å². The van der Waals surface area contributed by atoms with E-state index in [1.807, 2.05) is 0 Å². The lowest BCUT2D eigenvalue weighted by atomic mass is 10.2. The van der Waals surface area contributed by atoms with E-state index in [1.165, 1.54) is 24.3 Å². The largest absolute Gasteiger partial charge is 0.463 e. The number of nitrogens with two attached hydrogens (primary N) is 1. The predicted molar refractivity (Wildman–Crippen MR) is 54.1 cm³/mol. The van der Waals surface area contributed by atoms with Crippen LogP contribution in [-0.2, 0) is 5.92 Å². The number of halogens is 5. The van der Waals surface area contributed by atoms with E-state index in [1.54, 1.807) is 0 Å². The van der Waals surface area contributed by atoms with Crippen LogP contribution in [0.15, 0.2) is 28.8 Å². The van der Waals surface area contributed by atoms with Gasteiger partial charge in [-0.25, -0.2) is 0 Å². The minimum atomic E-state index is -5.79. The summed E-state index contributed by atoms with van der Waals surface area (Å²) in [4.78, 5) is 3.06. The van der Waals surface area contributed by atoms with E-state index < -0.39 is 18.0 Å². The van der Waals surface area contributed by atoms with Crippen LogP contribution in [0.4, 0.5) is 27.6 Å². The first-order valence-corrected chi connectivity index (χ1v) is 4.86. The fraction of sp³-hybridized carbons (Fsp3) is 0.200. The molecule has 2 N–H and O–H groups in total. The van der Waals surface area contributed by atoms with E-state index in [0.29, 0.717) is 5.69 Å². The Labute approximate surface area is 103 Å². The average Bonchev–Trinajstić information content (AvgIpc) is 2.78. The Morgan fingerprint density at radius 1 is 1.00 bits per heavy atom. The molecule has 0 aliphatic carbocycles. The fourth-order valence-electron chi connectivity index (χ4n) is 1.22. The van der Waals surface area contributed by atoms with E-state index in [0.717, 1.165) is 0 Å². The van der Waals surface area contributed by atoms with E-state index in [2.05, 4.69) is 14.7 Å². The third-order valence-corrected chi connectivity index (χ3v) is 2.22. The number of aromatic nitrogens is 2. The lowest BCUT2D eigenvalue weighted by Gasteiger charge is -2.14. The van der Waals surface area contributed by atoms with E-state index in [4.69, 9.17) is 5.73 Å². The molecular formula is C10H6F5N3O. The van der Waals surface area contributed by atoms with Crippen molar-refractivity contribution in [2.75, 3.05) is 5.73 Å². The van der Waals surface area contributed by atoms with Gasteiger partial charge in [-0.2, -0.15) is 26.9 Å². The van der Waals surface area contributed by atoms with E-state index in [9.17, 15) is 22.0 Å². The molecule has 0 aliphatic rings. The highest BCUT2D eigenvalue weighted by Crippen LogP contribution is 2.43. The molecule has 2 aromatic rings. The lowest BCUT2D eigenvalue weighted by molar-refractivity contribution is -0.298. The molecule has 102 valence electrons. The van der Waals surface area contributed by atoms with Crippen LogP contribution >= 0.6 is 0 Å². The Bertz CT molecular complexity index is 576. The summed E-state index contributed by atoms with van der Waals surface area (Å²) in [5.74, 6) is -7.36. The Hall–Kier alpha value is -2.19. The van der Waals surface area contributed by atoms with Gasteiger partial charge in [0.1, 0.15) is 0 Å². The number of nitrogen functional groups attached to an aromatic ring is 1. The minimum absolute atomic E-state index is 0.210. The molecule has 0 spiro atoms. The van der Waals surface area contributed by atoms with Crippen molar-refractivity contribution in [1.29, 1.82) is 0 Å². The molecule has 0 bridgehead atoms. The van der Waals surface area contributed by atoms with Gasteiger partial charge in [0, 0.05) is 11.3 Å². The molecule has 0 amide bonds. The van der Waals surface area contributed by atoms with Gasteiger partial charge >= 0.3 is 18.0 Å². The van der Waals surface area contributed by atoms with Gasteiger partial charge in [0.2, 0.25) is 5.82 Å². The van der Waals surface area contributed by atoms with Crippen LogP contribution in [0.5, 0.6) is 0 Å². The molecule has 0 radical (unpaired) electrons. The average molecular weight is 279 g/mol. The lowest BCUT2D eigenvalue weighted by Crippen LogP contribution is -2.33. The fourth-order valence-corrected chi connectivity index (χ4v) is 1.22. The van der Waals surface area contributed by atoms with Crippen LogP contribution in [0.2, 0.25) is 0 Å². The van der Waals surface area contributed by atoms with Crippen LogP contribution < -0.4 is 5.73 Å². The first kappa shape index (κ1) is 13.2. The summed E-state index contributed by atoms with van der Waals surface area (Å²) in [6.45, 7) is 0. The van der Waals surface area contributed by atoms with Crippen molar-refractivity contribution in [2.45, 2.75) is 12.1 Å². The number of anilines is 1. The van der Waals surface area contributed by atoms with Crippen molar-refractivity contribution in [3.8, 4) is 11.4 Å². The van der Waals surface area contributed by atoms with Crippen LogP contribution in [-0.4, -0.2) is 16.3 Å². The number of nitrogens with zero attached hydrogens (tertiary/aromatic N) is 2. The molecule has 0 saturated carbocycles. The zero-order valence-corrected chi connectivity index (χ0v) is 9.08. The molecule has 19 heavy (non-hydrogen) atoms. The maximum Gasteiger partial charge on any atom is 0.463 e. The molecule has 0 fully saturated rings. The predicted octanol–water partition coefficient (Wildman–Crippen LogP) is 2.97. The standard InChI is InChI=1S/C10H6F5N3O/c11-9(12,10(13,14)15)8-17-7(18-19-8)5-1-3-6(16)4-2-5/h1-4H,16H2. The van der Waals surface area contributed by atoms with Crippen LogP contribution in [0, 0.1) is 0 Å². The second-order valence-corrected chi connectivity index (χ2v) is 3.62. The smallest absolute Gasteiger partial charge is 0.399 e. The van der Waals surface area contributed by atoms with Gasteiger partial charge < -0.3 is 10.3 Å². The Morgan fingerprint density at radius 3 is 2.11 bits per heavy atom. The van der Waals surface area contributed by atoms with Crippen molar-refractivity contribution < 1.29 is 26.5 Å². The SMILES string of the molecule is Nc1ccc(-c2noc(C(F)(F)C(F)(F)F)n2)cc1. The molecule has 0 aliphatic heterocycles. The van der Waals surface area contributed by atoms with Gasteiger partial charge in [0.25, 0.3) is 0 Å². The van der Waals surface area contributed by atoms with Gasteiger partial charge in [0.15, 0.2) is 0 Å². The second kappa shape index (κ2) is 4.18.